The number of aromatic amines is 1. The van der Waals surface area contributed by atoms with Gasteiger partial charge >= 0.3 is 5.76 Å². The standard InChI is InChI=1S/C12H14N4O4/c17-12-15-10(16-20-12)9-2-1-3-14-11(9)19-8-6-13-4-5-18-7-8/h1-3,8,13H,4-7H2,(H,15,16,17). The van der Waals surface area contributed by atoms with Gasteiger partial charge in [0.25, 0.3) is 0 Å². The second kappa shape index (κ2) is 5.85. The molecule has 0 aromatic carbocycles. The average molecular weight is 278 g/mol. The van der Waals surface area contributed by atoms with E-state index < -0.39 is 5.76 Å². The van der Waals surface area contributed by atoms with Crippen LogP contribution in [0.4, 0.5) is 0 Å². The van der Waals surface area contributed by atoms with Gasteiger partial charge in [-0.1, -0.05) is 5.16 Å². The SMILES string of the molecule is O=c1[nH]c(-c2cccnc2OC2CNCCOC2)no1. The van der Waals surface area contributed by atoms with Crippen molar-refractivity contribution in [1.29, 1.82) is 0 Å². The number of ether oxygens (including phenoxy) is 2. The molecule has 8 heteroatoms. The summed E-state index contributed by atoms with van der Waals surface area (Å²) in [6.45, 7) is 2.61. The van der Waals surface area contributed by atoms with Crippen molar-refractivity contribution in [3.8, 4) is 17.3 Å². The summed E-state index contributed by atoms with van der Waals surface area (Å²) in [4.78, 5) is 17.7. The van der Waals surface area contributed by atoms with Gasteiger partial charge in [-0.3, -0.25) is 9.51 Å². The third-order valence-corrected chi connectivity index (χ3v) is 2.84. The molecule has 3 heterocycles. The second-order valence-corrected chi connectivity index (χ2v) is 4.32. The molecular weight excluding hydrogens is 264 g/mol. The lowest BCUT2D eigenvalue weighted by Gasteiger charge is -2.17. The summed E-state index contributed by atoms with van der Waals surface area (Å²) < 4.78 is 15.8. The maximum atomic E-state index is 11.0. The zero-order valence-electron chi connectivity index (χ0n) is 10.7. The Morgan fingerprint density at radius 1 is 1.45 bits per heavy atom. The molecule has 0 spiro atoms. The fourth-order valence-electron chi connectivity index (χ4n) is 1.93. The minimum Gasteiger partial charge on any atom is -0.470 e. The summed E-state index contributed by atoms with van der Waals surface area (Å²) >= 11 is 0. The first-order valence-corrected chi connectivity index (χ1v) is 6.29. The van der Waals surface area contributed by atoms with Crippen LogP contribution < -0.4 is 15.8 Å². The van der Waals surface area contributed by atoms with E-state index >= 15 is 0 Å². The molecule has 2 aromatic rings. The number of nitrogens with one attached hydrogen (secondary N) is 2. The van der Waals surface area contributed by atoms with Crippen LogP contribution in [0.2, 0.25) is 0 Å². The van der Waals surface area contributed by atoms with Gasteiger partial charge in [0, 0.05) is 19.3 Å². The summed E-state index contributed by atoms with van der Waals surface area (Å²) in [7, 11) is 0. The molecule has 1 aliphatic rings. The van der Waals surface area contributed by atoms with Gasteiger partial charge < -0.3 is 14.8 Å². The third kappa shape index (κ3) is 2.86. The van der Waals surface area contributed by atoms with Crippen LogP contribution in [-0.2, 0) is 4.74 Å². The summed E-state index contributed by atoms with van der Waals surface area (Å²) in [6.07, 6.45) is 1.46. The molecule has 2 N–H and O–H groups in total. The minimum absolute atomic E-state index is 0.148. The predicted molar refractivity (Wildman–Crippen MR) is 68.5 cm³/mol. The first kappa shape index (κ1) is 12.8. The summed E-state index contributed by atoms with van der Waals surface area (Å²) in [6, 6.07) is 3.48. The lowest BCUT2D eigenvalue weighted by atomic mass is 10.2. The smallest absolute Gasteiger partial charge is 0.439 e. The zero-order chi connectivity index (χ0) is 13.8. The van der Waals surface area contributed by atoms with Gasteiger partial charge in [0.15, 0.2) is 5.82 Å². The lowest BCUT2D eigenvalue weighted by molar-refractivity contribution is 0.0707. The van der Waals surface area contributed by atoms with Crippen LogP contribution in [0.15, 0.2) is 27.6 Å². The molecular formula is C12H14N4O4. The van der Waals surface area contributed by atoms with E-state index in [1.807, 2.05) is 0 Å². The van der Waals surface area contributed by atoms with Crippen molar-refractivity contribution in [2.75, 3.05) is 26.3 Å². The number of aromatic nitrogens is 3. The molecule has 8 nitrogen and oxygen atoms in total. The Bertz CT molecular complexity index is 616. The molecule has 1 unspecified atom stereocenters. The normalized spacial score (nSPS) is 19.5. The zero-order valence-corrected chi connectivity index (χ0v) is 10.7. The summed E-state index contributed by atoms with van der Waals surface area (Å²) in [5.41, 5.74) is 0.572. The predicted octanol–water partition coefficient (Wildman–Crippen LogP) is -0.208. The number of hydrogen-bond acceptors (Lipinski definition) is 7. The van der Waals surface area contributed by atoms with Crippen molar-refractivity contribution >= 4 is 0 Å². The Balaban J connectivity index is 1.84. The van der Waals surface area contributed by atoms with Crippen LogP contribution in [0, 0.1) is 0 Å². The number of rotatable bonds is 3. The number of H-pyrrole nitrogens is 1. The van der Waals surface area contributed by atoms with E-state index in [0.29, 0.717) is 37.0 Å². The fraction of sp³-hybridized carbons (Fsp3) is 0.417. The van der Waals surface area contributed by atoms with Crippen molar-refractivity contribution in [2.45, 2.75) is 6.10 Å². The number of pyridine rings is 1. The molecule has 0 aliphatic carbocycles. The highest BCUT2D eigenvalue weighted by Gasteiger charge is 2.18. The lowest BCUT2D eigenvalue weighted by Crippen LogP contribution is -2.32. The minimum atomic E-state index is -0.616. The van der Waals surface area contributed by atoms with Crippen LogP contribution >= 0.6 is 0 Å². The maximum Gasteiger partial charge on any atom is 0.439 e. The molecule has 0 saturated carbocycles. The van der Waals surface area contributed by atoms with E-state index in [1.54, 1.807) is 18.3 Å². The van der Waals surface area contributed by atoms with Crippen molar-refractivity contribution in [3.63, 3.8) is 0 Å². The molecule has 3 rings (SSSR count). The van der Waals surface area contributed by atoms with Crippen molar-refractivity contribution < 1.29 is 14.0 Å². The Labute approximate surface area is 114 Å². The molecule has 20 heavy (non-hydrogen) atoms. The van der Waals surface area contributed by atoms with E-state index in [0.717, 1.165) is 6.54 Å². The molecule has 106 valence electrons. The van der Waals surface area contributed by atoms with Gasteiger partial charge in [-0.15, -0.1) is 0 Å². The topological polar surface area (TPSA) is 102 Å². The van der Waals surface area contributed by atoms with Gasteiger partial charge in [0.2, 0.25) is 5.88 Å². The van der Waals surface area contributed by atoms with Crippen molar-refractivity contribution in [1.82, 2.24) is 20.4 Å². The first-order chi connectivity index (χ1) is 9.83. The Kier molecular flexibility index (Phi) is 3.75. The van der Waals surface area contributed by atoms with E-state index in [9.17, 15) is 4.79 Å². The van der Waals surface area contributed by atoms with E-state index in [1.165, 1.54) is 0 Å². The van der Waals surface area contributed by atoms with Gasteiger partial charge in [0.05, 0.1) is 18.8 Å². The maximum absolute atomic E-state index is 11.0. The Morgan fingerprint density at radius 3 is 3.25 bits per heavy atom. The van der Waals surface area contributed by atoms with Crippen LogP contribution in [0.25, 0.3) is 11.4 Å². The molecule has 0 amide bonds. The molecule has 1 atom stereocenters. The highest BCUT2D eigenvalue weighted by atomic mass is 16.5. The van der Waals surface area contributed by atoms with E-state index in [2.05, 4.69) is 25.0 Å². The summed E-state index contributed by atoms with van der Waals surface area (Å²) in [5, 5.41) is 6.86. The Hall–Kier alpha value is -2.19. The molecule has 0 radical (unpaired) electrons. The van der Waals surface area contributed by atoms with Crippen LogP contribution in [0.1, 0.15) is 0 Å². The van der Waals surface area contributed by atoms with Gasteiger partial charge in [0.1, 0.15) is 6.10 Å². The quantitative estimate of drug-likeness (QED) is 0.801. The Morgan fingerprint density at radius 2 is 2.40 bits per heavy atom. The highest BCUT2D eigenvalue weighted by molar-refractivity contribution is 5.60. The van der Waals surface area contributed by atoms with Gasteiger partial charge in [-0.2, -0.15) is 0 Å². The summed E-state index contributed by atoms with van der Waals surface area (Å²) in [5.74, 6) is 0.0595. The fourth-order valence-corrected chi connectivity index (χ4v) is 1.93. The van der Waals surface area contributed by atoms with Crippen LogP contribution in [-0.4, -0.2) is 47.5 Å². The van der Waals surface area contributed by atoms with Crippen molar-refractivity contribution in [3.05, 3.63) is 28.9 Å². The average Bonchev–Trinajstić information content (AvgIpc) is 2.73. The van der Waals surface area contributed by atoms with Crippen molar-refractivity contribution in [2.24, 2.45) is 0 Å². The van der Waals surface area contributed by atoms with E-state index in [-0.39, 0.29) is 6.10 Å². The van der Waals surface area contributed by atoms with Gasteiger partial charge in [-0.25, -0.2) is 9.78 Å². The number of nitrogens with zero attached hydrogens (tertiary/aromatic N) is 2. The second-order valence-electron chi connectivity index (χ2n) is 4.32. The molecule has 1 fully saturated rings. The molecule has 2 aromatic heterocycles. The molecule has 0 bridgehead atoms. The van der Waals surface area contributed by atoms with Crippen LogP contribution in [0.5, 0.6) is 5.88 Å². The van der Waals surface area contributed by atoms with Gasteiger partial charge in [-0.05, 0) is 12.1 Å². The first-order valence-electron chi connectivity index (χ1n) is 6.29. The molecule has 1 aliphatic heterocycles. The largest absolute Gasteiger partial charge is 0.470 e. The van der Waals surface area contributed by atoms with Crippen LogP contribution in [0.3, 0.4) is 0 Å². The van der Waals surface area contributed by atoms with E-state index in [4.69, 9.17) is 9.47 Å². The number of hydrogen-bond donors (Lipinski definition) is 2. The molecule has 1 saturated heterocycles. The third-order valence-electron chi connectivity index (χ3n) is 2.84. The monoisotopic (exact) mass is 278 g/mol. The highest BCUT2D eigenvalue weighted by Crippen LogP contribution is 2.24.